The summed E-state index contributed by atoms with van der Waals surface area (Å²) >= 11 is 1.02. The first-order valence-electron chi connectivity index (χ1n) is 12.1. The second-order valence-electron chi connectivity index (χ2n) is 8.98. The Bertz CT molecular complexity index is 1480. The zero-order valence-electron chi connectivity index (χ0n) is 21.0. The second-order valence-corrected chi connectivity index (χ2v) is 10.0. The number of nitrogens with zero attached hydrogens (tertiary/aromatic N) is 4. The van der Waals surface area contributed by atoms with Gasteiger partial charge in [-0.1, -0.05) is 17.4 Å². The van der Waals surface area contributed by atoms with E-state index in [9.17, 15) is 23.2 Å². The van der Waals surface area contributed by atoms with Crippen LogP contribution in [0.3, 0.4) is 0 Å². The number of fused-ring (bicyclic) bond motifs is 2. The summed E-state index contributed by atoms with van der Waals surface area (Å²) in [7, 11) is 1.43. The topological polar surface area (TPSA) is 122 Å². The van der Waals surface area contributed by atoms with Gasteiger partial charge in [0.2, 0.25) is 11.2 Å². The van der Waals surface area contributed by atoms with E-state index in [4.69, 9.17) is 18.9 Å². The van der Waals surface area contributed by atoms with Gasteiger partial charge < -0.3 is 28.4 Å². The van der Waals surface area contributed by atoms with Crippen molar-refractivity contribution in [2.45, 2.75) is 38.6 Å². The second kappa shape index (κ2) is 11.2. The van der Waals surface area contributed by atoms with Crippen molar-refractivity contribution >= 4 is 23.4 Å². The van der Waals surface area contributed by atoms with E-state index in [1.165, 1.54) is 28.8 Å². The van der Waals surface area contributed by atoms with Crippen LogP contribution in [-0.4, -0.2) is 70.9 Å². The van der Waals surface area contributed by atoms with Gasteiger partial charge in [-0.2, -0.15) is 0 Å². The molecule has 14 heteroatoms. The molecule has 2 atom stereocenters. The van der Waals surface area contributed by atoms with E-state index in [2.05, 4.69) is 10.2 Å². The third-order valence-electron chi connectivity index (χ3n) is 6.41. The molecule has 4 heterocycles. The molecule has 2 aliphatic heterocycles. The van der Waals surface area contributed by atoms with Gasteiger partial charge >= 0.3 is 6.16 Å². The number of benzene rings is 1. The molecule has 0 spiro atoms. The predicted octanol–water partition coefficient (Wildman–Crippen LogP) is 2.99. The van der Waals surface area contributed by atoms with Crippen LogP contribution >= 0.6 is 11.3 Å². The normalized spacial score (nSPS) is 18.5. The lowest BCUT2D eigenvalue weighted by Gasteiger charge is -2.44. The summed E-state index contributed by atoms with van der Waals surface area (Å²) in [5.41, 5.74) is -0.651. The zero-order chi connectivity index (χ0) is 27.7. The van der Waals surface area contributed by atoms with Gasteiger partial charge in [-0.15, -0.1) is 10.2 Å². The smallest absolute Gasteiger partial charge is 0.432 e. The summed E-state index contributed by atoms with van der Waals surface area (Å²) < 4.78 is 49.8. The molecular formula is C25H24F2N4O7S. The number of carbonyl (C=O) groups is 2. The molecule has 0 N–H and O–H groups in total. The van der Waals surface area contributed by atoms with Crippen LogP contribution in [0.4, 0.5) is 13.6 Å². The van der Waals surface area contributed by atoms with Crippen molar-refractivity contribution in [2.24, 2.45) is 0 Å². The molecule has 0 saturated carbocycles. The summed E-state index contributed by atoms with van der Waals surface area (Å²) in [6, 6.07) is 3.07. The first-order chi connectivity index (χ1) is 18.8. The Morgan fingerprint density at radius 2 is 2.05 bits per heavy atom. The first kappa shape index (κ1) is 26.8. The lowest BCUT2D eigenvalue weighted by Crippen LogP contribution is -2.57. The molecule has 2 aromatic heterocycles. The lowest BCUT2D eigenvalue weighted by molar-refractivity contribution is -0.112. The van der Waals surface area contributed by atoms with Crippen molar-refractivity contribution in [1.29, 1.82) is 0 Å². The molecule has 0 bridgehead atoms. The molecule has 1 amide bonds. The average molecular weight is 563 g/mol. The molecule has 0 unspecified atom stereocenters. The molecule has 0 aliphatic carbocycles. The molecular weight excluding hydrogens is 538 g/mol. The molecule has 5 rings (SSSR count). The van der Waals surface area contributed by atoms with Gasteiger partial charge in [0.15, 0.2) is 16.9 Å². The van der Waals surface area contributed by atoms with Gasteiger partial charge in [-0.25, -0.2) is 13.6 Å². The maximum absolute atomic E-state index is 14.2. The van der Waals surface area contributed by atoms with Gasteiger partial charge in [0.05, 0.1) is 25.3 Å². The van der Waals surface area contributed by atoms with Crippen LogP contribution in [-0.2, 0) is 27.2 Å². The predicted molar refractivity (Wildman–Crippen MR) is 133 cm³/mol. The SMILES string of the molecule is COCCOC(=O)Oc1c2n(cc(-c3nnc(Cc4ccc(F)cc4F)s3)c1=O)C[C@@H]1OCC[C@@H](C)N1C2=O. The molecule has 3 aromatic rings. The largest absolute Gasteiger partial charge is 0.514 e. The van der Waals surface area contributed by atoms with E-state index in [1.807, 2.05) is 6.92 Å². The molecule has 1 fully saturated rings. The Balaban J connectivity index is 1.53. The van der Waals surface area contributed by atoms with Crippen molar-refractivity contribution in [3.05, 3.63) is 62.5 Å². The van der Waals surface area contributed by atoms with Gasteiger partial charge in [0.1, 0.15) is 23.2 Å². The monoisotopic (exact) mass is 562 g/mol. The quantitative estimate of drug-likeness (QED) is 0.316. The maximum Gasteiger partial charge on any atom is 0.514 e. The van der Waals surface area contributed by atoms with Crippen molar-refractivity contribution < 1.29 is 37.3 Å². The molecule has 39 heavy (non-hydrogen) atoms. The van der Waals surface area contributed by atoms with Gasteiger partial charge in [-0.3, -0.25) is 9.59 Å². The van der Waals surface area contributed by atoms with E-state index in [0.29, 0.717) is 18.0 Å². The summed E-state index contributed by atoms with van der Waals surface area (Å²) in [4.78, 5) is 41.1. The number of carbonyl (C=O) groups excluding carboxylic acids is 2. The van der Waals surface area contributed by atoms with Crippen molar-refractivity contribution in [3.8, 4) is 16.3 Å². The van der Waals surface area contributed by atoms with Crippen LogP contribution in [0.5, 0.6) is 5.75 Å². The van der Waals surface area contributed by atoms with Crippen molar-refractivity contribution in [3.63, 3.8) is 0 Å². The minimum absolute atomic E-state index is 0.0203. The molecule has 1 saturated heterocycles. The number of rotatable bonds is 7. The Kier molecular flexibility index (Phi) is 7.68. The van der Waals surface area contributed by atoms with E-state index in [1.54, 1.807) is 0 Å². The summed E-state index contributed by atoms with van der Waals surface area (Å²) in [5, 5.41) is 8.66. The Morgan fingerprint density at radius 3 is 2.82 bits per heavy atom. The lowest BCUT2D eigenvalue weighted by atomic mass is 10.1. The first-order valence-corrected chi connectivity index (χ1v) is 12.9. The summed E-state index contributed by atoms with van der Waals surface area (Å²) in [5.74, 6) is -2.45. The molecule has 11 nitrogen and oxygen atoms in total. The minimum atomic E-state index is -1.17. The van der Waals surface area contributed by atoms with Gasteiger partial charge in [0.25, 0.3) is 5.91 Å². The van der Waals surface area contributed by atoms with E-state index < -0.39 is 41.1 Å². The Labute approximate surface area is 224 Å². The fourth-order valence-corrected chi connectivity index (χ4v) is 5.34. The highest BCUT2D eigenvalue weighted by atomic mass is 32.1. The fourth-order valence-electron chi connectivity index (χ4n) is 4.47. The molecule has 1 aromatic carbocycles. The molecule has 206 valence electrons. The van der Waals surface area contributed by atoms with Crippen molar-refractivity contribution in [1.82, 2.24) is 19.7 Å². The van der Waals surface area contributed by atoms with E-state index >= 15 is 0 Å². The molecule has 2 aliphatic rings. The molecule has 0 radical (unpaired) electrons. The number of hydrogen-bond donors (Lipinski definition) is 0. The van der Waals surface area contributed by atoms with Crippen LogP contribution in [0.1, 0.15) is 34.4 Å². The minimum Gasteiger partial charge on any atom is -0.432 e. The number of aromatic nitrogens is 3. The van der Waals surface area contributed by atoms with Crippen LogP contribution in [0.15, 0.2) is 29.2 Å². The van der Waals surface area contributed by atoms with Crippen LogP contribution in [0, 0.1) is 11.6 Å². The van der Waals surface area contributed by atoms with Gasteiger partial charge in [0, 0.05) is 31.8 Å². The maximum atomic E-state index is 14.2. The number of pyridine rings is 1. The highest BCUT2D eigenvalue weighted by Crippen LogP contribution is 2.33. The number of hydrogen-bond acceptors (Lipinski definition) is 10. The van der Waals surface area contributed by atoms with Crippen molar-refractivity contribution in [2.75, 3.05) is 26.9 Å². The number of ether oxygens (including phenoxy) is 4. The average Bonchev–Trinajstić information content (AvgIpc) is 3.36. The number of halogens is 2. The number of amides is 1. The van der Waals surface area contributed by atoms with Crippen LogP contribution in [0.2, 0.25) is 0 Å². The highest BCUT2D eigenvalue weighted by Gasteiger charge is 2.42. The van der Waals surface area contributed by atoms with Crippen LogP contribution in [0.25, 0.3) is 10.6 Å². The summed E-state index contributed by atoms with van der Waals surface area (Å²) in [6.07, 6.45) is 0.333. The third kappa shape index (κ3) is 5.40. The zero-order valence-corrected chi connectivity index (χ0v) is 21.8. The van der Waals surface area contributed by atoms with Gasteiger partial charge in [-0.05, 0) is 25.0 Å². The fraction of sp³-hybridized carbons (Fsp3) is 0.400. The number of methoxy groups -OCH3 is 1. The standard InChI is InChI=1S/C25H24F2N4O7S/c1-13-5-6-36-19-12-30-11-16(23-29-28-18(39-23)9-14-3-4-15(26)10-17(14)27)21(32)22(20(30)24(33)31(13)19)38-25(34)37-8-7-35-2/h3-4,10-11,13,19H,5-9,12H2,1-2H3/t13-,19+/m1/s1. The third-order valence-corrected chi connectivity index (χ3v) is 7.36. The van der Waals surface area contributed by atoms with E-state index in [-0.39, 0.29) is 54.0 Å². The van der Waals surface area contributed by atoms with Crippen LogP contribution < -0.4 is 10.2 Å². The Morgan fingerprint density at radius 1 is 1.23 bits per heavy atom. The summed E-state index contributed by atoms with van der Waals surface area (Å²) in [6.45, 7) is 2.51. The Hall–Kier alpha value is -3.75. The highest BCUT2D eigenvalue weighted by molar-refractivity contribution is 7.14. The van der Waals surface area contributed by atoms with E-state index in [0.717, 1.165) is 23.5 Å².